The first-order valence-corrected chi connectivity index (χ1v) is 4.10. The molecule has 0 saturated carbocycles. The fourth-order valence-corrected chi connectivity index (χ4v) is 1.18. The average molecular weight is 216 g/mol. The third-order valence-corrected chi connectivity index (χ3v) is 1.86. The molecule has 76 valence electrons. The summed E-state index contributed by atoms with van der Waals surface area (Å²) in [5.74, 6) is 1.96. The minimum atomic E-state index is -1.08. The first-order valence-electron chi connectivity index (χ1n) is 3.69. The number of carbonyl (C=O) groups is 3. The summed E-state index contributed by atoms with van der Waals surface area (Å²) in [6, 6.07) is 0. The molecule has 1 heterocycles. The molecule has 8 heteroatoms. The Morgan fingerprint density at radius 1 is 1.43 bits per heavy atom. The second-order valence-electron chi connectivity index (χ2n) is 2.63. The highest BCUT2D eigenvalue weighted by molar-refractivity contribution is 7.80. The van der Waals surface area contributed by atoms with Gasteiger partial charge in [0.2, 0.25) is 17.7 Å². The molecule has 5 N–H and O–H groups in total. The van der Waals surface area contributed by atoms with Crippen molar-refractivity contribution in [2.24, 2.45) is 11.8 Å². The number of nitrogens with two attached hydrogens (primary N) is 1. The van der Waals surface area contributed by atoms with Crippen LogP contribution in [0.1, 0.15) is 6.42 Å². The van der Waals surface area contributed by atoms with Crippen LogP contribution in [0, 0.1) is 5.92 Å². The van der Waals surface area contributed by atoms with E-state index in [2.05, 4.69) is 22.9 Å². The van der Waals surface area contributed by atoms with Crippen molar-refractivity contribution in [3.63, 3.8) is 0 Å². The summed E-state index contributed by atoms with van der Waals surface area (Å²) in [5.41, 5.74) is 1.83. The third-order valence-electron chi connectivity index (χ3n) is 1.66. The Balaban J connectivity index is 2.68. The summed E-state index contributed by atoms with van der Waals surface area (Å²) in [4.78, 5) is 33.2. The van der Waals surface area contributed by atoms with Crippen LogP contribution in [0.4, 0.5) is 0 Å². The molecule has 0 aromatic rings. The fourth-order valence-electron chi connectivity index (χ4n) is 0.978. The number of hydrogen-bond donors (Lipinski definition) is 4. The monoisotopic (exact) mass is 216 g/mol. The molecule has 0 aromatic heterocycles. The van der Waals surface area contributed by atoms with Crippen LogP contribution in [-0.2, 0) is 14.4 Å². The molecule has 1 fully saturated rings. The average Bonchev–Trinajstić information content (AvgIpc) is 2.10. The molecule has 0 spiro atoms. The lowest BCUT2D eigenvalue weighted by Gasteiger charge is -2.21. The zero-order valence-corrected chi connectivity index (χ0v) is 7.81. The molecule has 1 aliphatic rings. The van der Waals surface area contributed by atoms with Gasteiger partial charge >= 0.3 is 0 Å². The lowest BCUT2D eigenvalue weighted by Crippen LogP contribution is -2.56. The molecule has 1 rings (SSSR count). The molecular formula is C6H8N4O3S. The van der Waals surface area contributed by atoms with E-state index in [1.807, 2.05) is 5.43 Å². The number of nitrogens with one attached hydrogen (secondary N) is 3. The summed E-state index contributed by atoms with van der Waals surface area (Å²) in [7, 11) is 0. The van der Waals surface area contributed by atoms with Crippen molar-refractivity contribution in [3.8, 4) is 0 Å². The lowest BCUT2D eigenvalue weighted by molar-refractivity contribution is -0.138. The molecular weight excluding hydrogens is 208 g/mol. The first kappa shape index (κ1) is 10.5. The van der Waals surface area contributed by atoms with Gasteiger partial charge in [-0.05, 0) is 12.2 Å². The normalized spacial score (nSPS) is 17.4. The maximum absolute atomic E-state index is 11.2. The van der Waals surface area contributed by atoms with E-state index < -0.39 is 23.6 Å². The van der Waals surface area contributed by atoms with Crippen molar-refractivity contribution in [3.05, 3.63) is 0 Å². The second-order valence-corrected chi connectivity index (χ2v) is 3.04. The molecule has 7 nitrogen and oxygen atoms in total. The minimum Gasteiger partial charge on any atom is -0.302 e. The number of carbonyl (C=O) groups excluding carboxylic acids is 3. The molecule has 0 radical (unpaired) electrons. The molecule has 3 amide bonds. The largest absolute Gasteiger partial charge is 0.302 e. The predicted molar refractivity (Wildman–Crippen MR) is 49.3 cm³/mol. The maximum atomic E-state index is 11.2. The molecule has 14 heavy (non-hydrogen) atoms. The Kier molecular flexibility index (Phi) is 3.10. The first-order chi connectivity index (χ1) is 6.54. The Hall–Kier alpha value is -1.54. The van der Waals surface area contributed by atoms with Gasteiger partial charge in [0.25, 0.3) is 0 Å². The van der Waals surface area contributed by atoms with E-state index in [0.717, 1.165) is 0 Å². The van der Waals surface area contributed by atoms with Crippen LogP contribution in [0.5, 0.6) is 0 Å². The summed E-state index contributed by atoms with van der Waals surface area (Å²) < 4.78 is 0. The van der Waals surface area contributed by atoms with Gasteiger partial charge in [-0.3, -0.25) is 19.8 Å². The summed E-state index contributed by atoms with van der Waals surface area (Å²) in [6.07, 6.45) is -0.295. The molecule has 1 saturated heterocycles. The Morgan fingerprint density at radius 2 is 1.93 bits per heavy atom. The Labute approximate surface area is 84.4 Å². The highest BCUT2D eigenvalue weighted by Gasteiger charge is 2.33. The number of hydrazine groups is 1. The van der Waals surface area contributed by atoms with Gasteiger partial charge in [0.15, 0.2) is 5.11 Å². The Bertz CT molecular complexity index is 296. The SMILES string of the molecule is NNC(=O)CC1C(=O)NC(=S)NC1=O. The molecule has 1 aliphatic heterocycles. The van der Waals surface area contributed by atoms with Crippen molar-refractivity contribution >= 4 is 35.1 Å². The predicted octanol–water partition coefficient (Wildman–Crippen LogP) is -2.49. The highest BCUT2D eigenvalue weighted by atomic mass is 32.1. The minimum absolute atomic E-state index is 0.0515. The van der Waals surface area contributed by atoms with Gasteiger partial charge in [0.05, 0.1) is 0 Å². The number of amides is 3. The van der Waals surface area contributed by atoms with E-state index in [1.165, 1.54) is 0 Å². The third kappa shape index (κ3) is 2.24. The van der Waals surface area contributed by atoms with Gasteiger partial charge in [-0.15, -0.1) is 0 Å². The molecule has 0 bridgehead atoms. The van der Waals surface area contributed by atoms with Crippen LogP contribution in [0.25, 0.3) is 0 Å². The standard InChI is InChI=1S/C6H8N4O3S/c7-10-3(11)1-2-4(12)8-6(14)9-5(2)13/h2H,1,7H2,(H,10,11)(H2,8,9,12,13,14). The van der Waals surface area contributed by atoms with E-state index in [9.17, 15) is 14.4 Å². The van der Waals surface area contributed by atoms with Crippen molar-refractivity contribution in [1.29, 1.82) is 0 Å². The fraction of sp³-hybridized carbons (Fsp3) is 0.333. The molecule has 0 aliphatic carbocycles. The summed E-state index contributed by atoms with van der Waals surface area (Å²) >= 11 is 4.57. The van der Waals surface area contributed by atoms with Crippen LogP contribution < -0.4 is 21.9 Å². The van der Waals surface area contributed by atoms with Crippen LogP contribution in [-0.4, -0.2) is 22.8 Å². The zero-order chi connectivity index (χ0) is 10.7. The maximum Gasteiger partial charge on any atom is 0.239 e. The van der Waals surface area contributed by atoms with Gasteiger partial charge in [0, 0.05) is 6.42 Å². The summed E-state index contributed by atoms with van der Waals surface area (Å²) in [6.45, 7) is 0. The van der Waals surface area contributed by atoms with E-state index >= 15 is 0 Å². The smallest absolute Gasteiger partial charge is 0.239 e. The van der Waals surface area contributed by atoms with E-state index in [-0.39, 0.29) is 11.5 Å². The summed E-state index contributed by atoms with van der Waals surface area (Å²) in [5, 5.41) is 4.41. The van der Waals surface area contributed by atoms with Crippen molar-refractivity contribution in [2.45, 2.75) is 6.42 Å². The highest BCUT2D eigenvalue weighted by Crippen LogP contribution is 2.06. The molecule has 0 aromatic carbocycles. The quantitative estimate of drug-likeness (QED) is 0.134. The van der Waals surface area contributed by atoms with Crippen molar-refractivity contribution < 1.29 is 14.4 Å². The second kappa shape index (κ2) is 4.11. The van der Waals surface area contributed by atoms with Crippen LogP contribution in [0.15, 0.2) is 0 Å². The van der Waals surface area contributed by atoms with E-state index in [1.54, 1.807) is 0 Å². The molecule has 0 unspecified atom stereocenters. The van der Waals surface area contributed by atoms with Gasteiger partial charge in [0.1, 0.15) is 5.92 Å². The Morgan fingerprint density at radius 3 is 2.36 bits per heavy atom. The number of thiocarbonyl (C=S) groups is 1. The topological polar surface area (TPSA) is 113 Å². The van der Waals surface area contributed by atoms with E-state index in [0.29, 0.717) is 0 Å². The van der Waals surface area contributed by atoms with Gasteiger partial charge in [-0.2, -0.15) is 0 Å². The van der Waals surface area contributed by atoms with Crippen molar-refractivity contribution in [2.75, 3.05) is 0 Å². The molecule has 0 atom stereocenters. The van der Waals surface area contributed by atoms with Crippen LogP contribution >= 0.6 is 12.2 Å². The van der Waals surface area contributed by atoms with E-state index in [4.69, 9.17) is 5.84 Å². The zero-order valence-electron chi connectivity index (χ0n) is 6.99. The van der Waals surface area contributed by atoms with Gasteiger partial charge < -0.3 is 10.6 Å². The lowest BCUT2D eigenvalue weighted by atomic mass is 10.0. The number of hydrogen-bond acceptors (Lipinski definition) is 5. The van der Waals surface area contributed by atoms with Gasteiger partial charge in [-0.25, -0.2) is 5.84 Å². The van der Waals surface area contributed by atoms with Crippen LogP contribution in [0.3, 0.4) is 0 Å². The van der Waals surface area contributed by atoms with Crippen LogP contribution in [0.2, 0.25) is 0 Å². The van der Waals surface area contributed by atoms with Gasteiger partial charge in [-0.1, -0.05) is 0 Å². The van der Waals surface area contributed by atoms with Crippen molar-refractivity contribution in [1.82, 2.24) is 16.1 Å². The number of rotatable bonds is 2.